The third-order valence-electron chi connectivity index (χ3n) is 2.56. The van der Waals surface area contributed by atoms with Crippen molar-refractivity contribution < 1.29 is 4.74 Å². The Kier molecular flexibility index (Phi) is 8.92. The molecule has 1 aliphatic heterocycles. The molecule has 3 nitrogen and oxygen atoms in total. The second-order valence-electron chi connectivity index (χ2n) is 3.75. The normalized spacial score (nSPS) is 15.8. The van der Waals surface area contributed by atoms with Crippen LogP contribution in [0.25, 0.3) is 0 Å². The highest BCUT2D eigenvalue weighted by atomic mass is 35.5. The van der Waals surface area contributed by atoms with Gasteiger partial charge in [-0.25, -0.2) is 4.98 Å². The van der Waals surface area contributed by atoms with Crippen LogP contribution in [-0.2, 0) is 11.3 Å². The van der Waals surface area contributed by atoms with Gasteiger partial charge in [-0.1, -0.05) is 17.7 Å². The molecule has 0 bridgehead atoms. The number of hydrogen-bond donors (Lipinski definition) is 1. The Labute approximate surface area is 119 Å². The van der Waals surface area contributed by atoms with Gasteiger partial charge >= 0.3 is 0 Å². The number of ether oxygens (including phenoxy) is 1. The van der Waals surface area contributed by atoms with Crippen LogP contribution in [0, 0.1) is 0 Å². The van der Waals surface area contributed by atoms with Gasteiger partial charge in [0.25, 0.3) is 0 Å². The van der Waals surface area contributed by atoms with Crippen LogP contribution in [-0.4, -0.2) is 24.2 Å². The standard InChI is InChI=1S/C11H15ClN2O.2ClH/c12-11-2-1-9(7-14-11)8-15-10-3-5-13-6-4-10;;/h1-2,7,10,13H,3-6,8H2;2*1H. The minimum Gasteiger partial charge on any atom is -0.373 e. The summed E-state index contributed by atoms with van der Waals surface area (Å²) >= 11 is 5.70. The zero-order valence-corrected chi connectivity index (χ0v) is 11.8. The maximum atomic E-state index is 5.79. The van der Waals surface area contributed by atoms with E-state index in [1.165, 1.54) is 0 Å². The Morgan fingerprint density at radius 2 is 2.00 bits per heavy atom. The van der Waals surface area contributed by atoms with E-state index < -0.39 is 0 Å². The minimum absolute atomic E-state index is 0. The summed E-state index contributed by atoms with van der Waals surface area (Å²) < 4.78 is 5.79. The van der Waals surface area contributed by atoms with Gasteiger partial charge in [0.15, 0.2) is 0 Å². The highest BCUT2D eigenvalue weighted by Gasteiger charge is 2.12. The van der Waals surface area contributed by atoms with Gasteiger partial charge in [-0.3, -0.25) is 0 Å². The van der Waals surface area contributed by atoms with Crippen molar-refractivity contribution in [1.82, 2.24) is 10.3 Å². The van der Waals surface area contributed by atoms with E-state index in [0.717, 1.165) is 31.5 Å². The Bertz CT molecular complexity index is 302. The molecule has 2 rings (SSSR count). The van der Waals surface area contributed by atoms with E-state index in [0.29, 0.717) is 17.9 Å². The fourth-order valence-electron chi connectivity index (χ4n) is 1.67. The third kappa shape index (κ3) is 5.89. The SMILES string of the molecule is Cl.Cl.Clc1ccc(COC2CCNCC2)cn1. The number of nitrogens with zero attached hydrogens (tertiary/aromatic N) is 1. The van der Waals surface area contributed by atoms with E-state index >= 15 is 0 Å². The van der Waals surface area contributed by atoms with E-state index in [-0.39, 0.29) is 24.8 Å². The topological polar surface area (TPSA) is 34.1 Å². The molecular weight excluding hydrogens is 282 g/mol. The van der Waals surface area contributed by atoms with Crippen LogP contribution in [0.5, 0.6) is 0 Å². The number of rotatable bonds is 3. The van der Waals surface area contributed by atoms with Crippen molar-refractivity contribution in [3.63, 3.8) is 0 Å². The number of hydrogen-bond acceptors (Lipinski definition) is 3. The van der Waals surface area contributed by atoms with Gasteiger partial charge in [0.2, 0.25) is 0 Å². The number of piperidine rings is 1. The summed E-state index contributed by atoms with van der Waals surface area (Å²) in [6, 6.07) is 3.75. The lowest BCUT2D eigenvalue weighted by molar-refractivity contribution is 0.0211. The maximum absolute atomic E-state index is 5.79. The molecule has 0 aliphatic carbocycles. The van der Waals surface area contributed by atoms with Crippen LogP contribution < -0.4 is 5.32 Å². The molecule has 1 saturated heterocycles. The highest BCUT2D eigenvalue weighted by molar-refractivity contribution is 6.29. The van der Waals surface area contributed by atoms with E-state index in [9.17, 15) is 0 Å². The minimum atomic E-state index is 0. The molecule has 1 fully saturated rings. The van der Waals surface area contributed by atoms with Gasteiger partial charge in [-0.15, -0.1) is 24.8 Å². The maximum Gasteiger partial charge on any atom is 0.129 e. The van der Waals surface area contributed by atoms with Crippen molar-refractivity contribution in [2.24, 2.45) is 0 Å². The van der Waals surface area contributed by atoms with Crippen LogP contribution in [0.2, 0.25) is 5.15 Å². The van der Waals surface area contributed by atoms with Crippen molar-refractivity contribution in [2.75, 3.05) is 13.1 Å². The molecular formula is C11H17Cl3N2O. The number of nitrogens with one attached hydrogen (secondary N) is 1. The molecule has 1 N–H and O–H groups in total. The Hall–Kier alpha value is -0.0600. The lowest BCUT2D eigenvalue weighted by Crippen LogP contribution is -2.32. The molecule has 1 aromatic rings. The number of pyridine rings is 1. The van der Waals surface area contributed by atoms with Crippen LogP contribution in [0.4, 0.5) is 0 Å². The molecule has 0 unspecified atom stereocenters. The monoisotopic (exact) mass is 298 g/mol. The second-order valence-corrected chi connectivity index (χ2v) is 4.14. The molecule has 98 valence electrons. The van der Waals surface area contributed by atoms with Crippen LogP contribution in [0.3, 0.4) is 0 Å². The molecule has 0 spiro atoms. The molecule has 1 aromatic heterocycles. The summed E-state index contributed by atoms with van der Waals surface area (Å²) in [4.78, 5) is 4.02. The zero-order valence-electron chi connectivity index (χ0n) is 9.39. The fraction of sp³-hybridized carbons (Fsp3) is 0.545. The first kappa shape index (κ1) is 16.9. The van der Waals surface area contributed by atoms with E-state index in [1.54, 1.807) is 12.3 Å². The molecule has 0 saturated carbocycles. The van der Waals surface area contributed by atoms with Crippen molar-refractivity contribution in [2.45, 2.75) is 25.6 Å². The first-order valence-corrected chi connectivity index (χ1v) is 5.65. The summed E-state index contributed by atoms with van der Waals surface area (Å²) in [5.74, 6) is 0. The fourth-order valence-corrected chi connectivity index (χ4v) is 1.78. The van der Waals surface area contributed by atoms with Crippen LogP contribution >= 0.6 is 36.4 Å². The van der Waals surface area contributed by atoms with Crippen molar-refractivity contribution in [1.29, 1.82) is 0 Å². The average molecular weight is 300 g/mol. The van der Waals surface area contributed by atoms with Gasteiger partial charge in [0.1, 0.15) is 5.15 Å². The van der Waals surface area contributed by atoms with Crippen LogP contribution in [0.15, 0.2) is 18.3 Å². The number of halogens is 3. The first-order valence-electron chi connectivity index (χ1n) is 5.27. The Morgan fingerprint density at radius 3 is 2.59 bits per heavy atom. The Balaban J connectivity index is 0.00000128. The molecule has 0 aromatic carbocycles. The Morgan fingerprint density at radius 1 is 1.29 bits per heavy atom. The largest absolute Gasteiger partial charge is 0.373 e. The smallest absolute Gasteiger partial charge is 0.129 e. The predicted molar refractivity (Wildman–Crippen MR) is 74.4 cm³/mol. The highest BCUT2D eigenvalue weighted by Crippen LogP contribution is 2.11. The molecule has 2 heterocycles. The van der Waals surface area contributed by atoms with Crippen molar-refractivity contribution in [3.8, 4) is 0 Å². The molecule has 1 aliphatic rings. The quantitative estimate of drug-likeness (QED) is 0.872. The van der Waals surface area contributed by atoms with E-state index in [2.05, 4.69) is 10.3 Å². The first-order chi connectivity index (χ1) is 7.34. The molecule has 0 radical (unpaired) electrons. The van der Waals surface area contributed by atoms with Crippen molar-refractivity contribution in [3.05, 3.63) is 29.0 Å². The van der Waals surface area contributed by atoms with Gasteiger partial charge in [-0.2, -0.15) is 0 Å². The van der Waals surface area contributed by atoms with E-state index in [1.807, 2.05) is 6.07 Å². The summed E-state index contributed by atoms with van der Waals surface area (Å²) in [6.45, 7) is 2.75. The van der Waals surface area contributed by atoms with E-state index in [4.69, 9.17) is 16.3 Å². The van der Waals surface area contributed by atoms with Gasteiger partial charge in [-0.05, 0) is 37.6 Å². The van der Waals surface area contributed by atoms with Gasteiger partial charge in [0.05, 0.1) is 12.7 Å². The lowest BCUT2D eigenvalue weighted by Gasteiger charge is -2.22. The molecule has 17 heavy (non-hydrogen) atoms. The number of aromatic nitrogens is 1. The molecule has 6 heteroatoms. The zero-order chi connectivity index (χ0) is 10.5. The van der Waals surface area contributed by atoms with Crippen LogP contribution in [0.1, 0.15) is 18.4 Å². The molecule has 0 amide bonds. The average Bonchev–Trinajstić information content (AvgIpc) is 2.30. The van der Waals surface area contributed by atoms with Gasteiger partial charge < -0.3 is 10.1 Å². The molecule has 0 atom stereocenters. The third-order valence-corrected chi connectivity index (χ3v) is 2.78. The van der Waals surface area contributed by atoms with Gasteiger partial charge in [0, 0.05) is 6.20 Å². The summed E-state index contributed by atoms with van der Waals surface area (Å²) in [5, 5.41) is 3.84. The summed E-state index contributed by atoms with van der Waals surface area (Å²) in [5.41, 5.74) is 1.08. The summed E-state index contributed by atoms with van der Waals surface area (Å²) in [6.07, 6.45) is 4.35. The second kappa shape index (κ2) is 8.95. The van der Waals surface area contributed by atoms with Crippen molar-refractivity contribution >= 4 is 36.4 Å². The lowest BCUT2D eigenvalue weighted by atomic mass is 10.1. The summed E-state index contributed by atoms with van der Waals surface area (Å²) in [7, 11) is 0. The predicted octanol–water partition coefficient (Wildman–Crippen LogP) is 2.85.